The van der Waals surface area contributed by atoms with Gasteiger partial charge >= 0.3 is 0 Å². The zero-order chi connectivity index (χ0) is 20.4. The third-order valence-electron chi connectivity index (χ3n) is 7.51. The molecule has 0 bridgehead atoms. The van der Waals surface area contributed by atoms with E-state index in [4.69, 9.17) is 14.5 Å². The molecule has 0 unspecified atom stereocenters. The van der Waals surface area contributed by atoms with E-state index >= 15 is 0 Å². The molecular formula is C23H34N4O2. The fourth-order valence-electron chi connectivity index (χ4n) is 5.75. The van der Waals surface area contributed by atoms with Crippen LogP contribution in [-0.2, 0) is 9.47 Å². The van der Waals surface area contributed by atoms with Crippen LogP contribution in [0.25, 0.3) is 0 Å². The molecule has 29 heavy (non-hydrogen) atoms. The quantitative estimate of drug-likeness (QED) is 0.777. The van der Waals surface area contributed by atoms with Crippen molar-refractivity contribution < 1.29 is 9.47 Å². The van der Waals surface area contributed by atoms with Crippen molar-refractivity contribution in [3.8, 4) is 6.07 Å². The van der Waals surface area contributed by atoms with Crippen LogP contribution in [0.15, 0.2) is 6.07 Å². The fraction of sp³-hybridized carbons (Fsp3) is 0.739. The molecule has 3 atom stereocenters. The molecule has 4 rings (SSSR count). The van der Waals surface area contributed by atoms with Crippen molar-refractivity contribution in [1.29, 1.82) is 5.26 Å². The second-order valence-electron chi connectivity index (χ2n) is 9.15. The molecule has 0 N–H and O–H groups in total. The highest BCUT2D eigenvalue weighted by molar-refractivity contribution is 5.56. The standard InChI is InChI=1S/C23H34N4O2/c1-17-12-19(14-24)22(25-18(17)2)27-7-5-20-13-21(26-8-10-29-11-9-26)4-6-23(20,15-27)16-28-3/h12,20-21H,4-11,13,15-16H2,1-3H3/t20-,21-,23+/m1/s1. The molecule has 2 saturated heterocycles. The maximum absolute atomic E-state index is 9.69. The van der Waals surface area contributed by atoms with Gasteiger partial charge in [-0.25, -0.2) is 4.98 Å². The van der Waals surface area contributed by atoms with Crippen molar-refractivity contribution in [3.05, 3.63) is 22.9 Å². The maximum Gasteiger partial charge on any atom is 0.146 e. The smallest absolute Gasteiger partial charge is 0.146 e. The minimum Gasteiger partial charge on any atom is -0.384 e. The fourth-order valence-corrected chi connectivity index (χ4v) is 5.75. The highest BCUT2D eigenvalue weighted by atomic mass is 16.5. The summed E-state index contributed by atoms with van der Waals surface area (Å²) in [6, 6.07) is 5.04. The number of nitrogens with zero attached hydrogens (tertiary/aromatic N) is 4. The van der Waals surface area contributed by atoms with Crippen LogP contribution in [0.3, 0.4) is 0 Å². The van der Waals surface area contributed by atoms with Gasteiger partial charge in [0.2, 0.25) is 0 Å². The minimum atomic E-state index is 0.156. The van der Waals surface area contributed by atoms with Gasteiger partial charge in [-0.15, -0.1) is 0 Å². The minimum absolute atomic E-state index is 0.156. The summed E-state index contributed by atoms with van der Waals surface area (Å²) in [5.74, 6) is 1.53. The van der Waals surface area contributed by atoms with E-state index in [-0.39, 0.29) is 5.41 Å². The van der Waals surface area contributed by atoms with Crippen LogP contribution in [0.1, 0.15) is 42.5 Å². The SMILES string of the molecule is COC[C@@]12CC[C@@H](N3CCOCC3)C[C@H]1CCN(c1nc(C)c(C)cc1C#N)C2. The maximum atomic E-state index is 9.69. The Labute approximate surface area is 174 Å². The topological polar surface area (TPSA) is 61.6 Å². The van der Waals surface area contributed by atoms with Crippen LogP contribution in [0.5, 0.6) is 0 Å². The van der Waals surface area contributed by atoms with Crippen molar-refractivity contribution in [2.24, 2.45) is 11.3 Å². The Balaban J connectivity index is 1.55. The molecule has 0 aromatic carbocycles. The van der Waals surface area contributed by atoms with E-state index in [1.54, 1.807) is 0 Å². The first kappa shape index (κ1) is 20.6. The van der Waals surface area contributed by atoms with Crippen LogP contribution in [0.4, 0.5) is 5.82 Å². The number of morpholine rings is 1. The molecule has 6 heteroatoms. The lowest BCUT2D eigenvalue weighted by atomic mass is 9.61. The molecule has 1 aliphatic carbocycles. The molecule has 0 amide bonds. The zero-order valence-corrected chi connectivity index (χ0v) is 18.1. The third kappa shape index (κ3) is 4.01. The van der Waals surface area contributed by atoms with Crippen LogP contribution < -0.4 is 4.90 Å². The molecule has 1 saturated carbocycles. The van der Waals surface area contributed by atoms with Crippen molar-refractivity contribution in [2.75, 3.05) is 58.0 Å². The van der Waals surface area contributed by atoms with Gasteiger partial charge in [0.1, 0.15) is 11.9 Å². The number of pyridine rings is 1. The molecule has 2 aliphatic heterocycles. The van der Waals surface area contributed by atoms with Gasteiger partial charge in [0, 0.05) is 50.4 Å². The predicted octanol–water partition coefficient (Wildman–Crippen LogP) is 2.91. The lowest BCUT2D eigenvalue weighted by Crippen LogP contribution is -2.57. The summed E-state index contributed by atoms with van der Waals surface area (Å²) in [7, 11) is 1.83. The van der Waals surface area contributed by atoms with Crippen molar-refractivity contribution in [1.82, 2.24) is 9.88 Å². The number of ether oxygens (including phenoxy) is 2. The average molecular weight is 399 g/mol. The Morgan fingerprint density at radius 1 is 1.28 bits per heavy atom. The van der Waals surface area contributed by atoms with Crippen molar-refractivity contribution >= 4 is 5.82 Å². The number of rotatable bonds is 4. The molecular weight excluding hydrogens is 364 g/mol. The highest BCUT2D eigenvalue weighted by Gasteiger charge is 2.48. The predicted molar refractivity (Wildman–Crippen MR) is 113 cm³/mol. The van der Waals surface area contributed by atoms with E-state index in [0.29, 0.717) is 17.5 Å². The van der Waals surface area contributed by atoms with Gasteiger partial charge in [-0.2, -0.15) is 5.26 Å². The molecule has 3 fully saturated rings. The van der Waals surface area contributed by atoms with E-state index < -0.39 is 0 Å². The molecule has 158 valence electrons. The van der Waals surface area contributed by atoms with Gasteiger partial charge in [-0.1, -0.05) is 0 Å². The number of piperidine rings is 1. The van der Waals surface area contributed by atoms with Gasteiger partial charge in [0.05, 0.1) is 25.4 Å². The van der Waals surface area contributed by atoms with E-state index in [1.807, 2.05) is 27.0 Å². The lowest BCUT2D eigenvalue weighted by Gasteiger charge is -2.54. The van der Waals surface area contributed by atoms with Crippen LogP contribution in [0, 0.1) is 36.5 Å². The van der Waals surface area contributed by atoms with Gasteiger partial charge in [0.15, 0.2) is 0 Å². The van der Waals surface area contributed by atoms with Crippen molar-refractivity contribution in [2.45, 2.75) is 45.6 Å². The summed E-state index contributed by atoms with van der Waals surface area (Å²) in [5.41, 5.74) is 2.94. The van der Waals surface area contributed by atoms with Gasteiger partial charge < -0.3 is 14.4 Å². The number of hydrogen-bond donors (Lipinski definition) is 0. The highest BCUT2D eigenvalue weighted by Crippen LogP contribution is 2.48. The Morgan fingerprint density at radius 3 is 2.79 bits per heavy atom. The summed E-state index contributed by atoms with van der Waals surface area (Å²) in [4.78, 5) is 9.83. The van der Waals surface area contributed by atoms with Gasteiger partial charge in [-0.05, 0) is 57.1 Å². The van der Waals surface area contributed by atoms with E-state index in [0.717, 1.165) is 69.5 Å². The summed E-state index contributed by atoms with van der Waals surface area (Å²) in [6.07, 6.45) is 4.79. The van der Waals surface area contributed by atoms with E-state index in [2.05, 4.69) is 15.9 Å². The van der Waals surface area contributed by atoms with Gasteiger partial charge in [-0.3, -0.25) is 4.90 Å². The molecule has 3 heterocycles. The number of methoxy groups -OCH3 is 1. The second kappa shape index (κ2) is 8.59. The number of aryl methyl sites for hydroxylation is 2. The Hall–Kier alpha value is -1.68. The van der Waals surface area contributed by atoms with Crippen LogP contribution in [0.2, 0.25) is 0 Å². The van der Waals surface area contributed by atoms with Crippen LogP contribution >= 0.6 is 0 Å². The van der Waals surface area contributed by atoms with E-state index in [1.165, 1.54) is 19.3 Å². The number of hydrogen-bond acceptors (Lipinski definition) is 6. The monoisotopic (exact) mass is 398 g/mol. The summed E-state index contributed by atoms with van der Waals surface area (Å²) < 4.78 is 11.3. The Bertz CT molecular complexity index is 771. The first-order valence-electron chi connectivity index (χ1n) is 11.0. The normalized spacial score (nSPS) is 30.6. The largest absolute Gasteiger partial charge is 0.384 e. The first-order valence-corrected chi connectivity index (χ1v) is 11.0. The van der Waals surface area contributed by atoms with E-state index in [9.17, 15) is 5.26 Å². The number of nitriles is 1. The summed E-state index contributed by atoms with van der Waals surface area (Å²) in [5, 5.41) is 9.69. The molecule has 1 aromatic rings. The molecule has 0 spiro atoms. The summed E-state index contributed by atoms with van der Waals surface area (Å²) >= 11 is 0. The van der Waals surface area contributed by atoms with Crippen molar-refractivity contribution in [3.63, 3.8) is 0 Å². The molecule has 3 aliphatic rings. The zero-order valence-electron chi connectivity index (χ0n) is 18.1. The molecule has 1 aromatic heterocycles. The average Bonchev–Trinajstić information content (AvgIpc) is 2.75. The number of fused-ring (bicyclic) bond motifs is 1. The number of aromatic nitrogens is 1. The Morgan fingerprint density at radius 2 is 2.07 bits per heavy atom. The third-order valence-corrected chi connectivity index (χ3v) is 7.51. The Kier molecular flexibility index (Phi) is 6.10. The van der Waals surface area contributed by atoms with Gasteiger partial charge in [0.25, 0.3) is 0 Å². The molecule has 6 nitrogen and oxygen atoms in total. The van der Waals surface area contributed by atoms with Crippen LogP contribution in [-0.4, -0.2) is 69.0 Å². The first-order chi connectivity index (χ1) is 14.1. The summed E-state index contributed by atoms with van der Waals surface area (Å²) in [6.45, 7) is 10.6. The number of anilines is 1. The molecule has 0 radical (unpaired) electrons. The lowest BCUT2D eigenvalue weighted by molar-refractivity contribution is -0.0540. The second-order valence-corrected chi connectivity index (χ2v) is 9.15.